The van der Waals surface area contributed by atoms with Crippen molar-refractivity contribution >= 4 is 12.2 Å². The summed E-state index contributed by atoms with van der Waals surface area (Å²) in [5.74, 6) is -0.421. The van der Waals surface area contributed by atoms with Gasteiger partial charge >= 0.3 is 6.18 Å². The number of carbonyl (C=O) groups excluding carboxylic acids is 2. The molecule has 1 aliphatic rings. The van der Waals surface area contributed by atoms with Crippen LogP contribution in [0.25, 0.3) is 0 Å². The lowest BCUT2D eigenvalue weighted by Crippen LogP contribution is -2.35. The maximum atomic E-state index is 13.0. The van der Waals surface area contributed by atoms with Crippen molar-refractivity contribution in [1.29, 1.82) is 0 Å². The maximum absolute atomic E-state index is 13.0. The summed E-state index contributed by atoms with van der Waals surface area (Å²) in [5.41, 5.74) is 5.27. The topological polar surface area (TPSA) is 76.3 Å². The molecule has 1 aromatic heterocycles. The number of carbonyl (C=O) groups is 2. The summed E-state index contributed by atoms with van der Waals surface area (Å²) in [6.07, 6.45) is 0.0681. The van der Waals surface area contributed by atoms with Crippen LogP contribution in [0.1, 0.15) is 39.5 Å². The van der Waals surface area contributed by atoms with Gasteiger partial charge in [0.1, 0.15) is 6.29 Å². The van der Waals surface area contributed by atoms with Crippen molar-refractivity contribution in [3.8, 4) is 0 Å². The van der Waals surface area contributed by atoms with Crippen molar-refractivity contribution in [2.75, 3.05) is 13.6 Å². The molecule has 0 radical (unpaired) electrons. The molecule has 0 saturated heterocycles. The Hall–Kier alpha value is -3.52. The van der Waals surface area contributed by atoms with Gasteiger partial charge in [-0.2, -0.15) is 13.2 Å². The Labute approximate surface area is 191 Å². The molecule has 5 nitrogen and oxygen atoms in total. The summed E-state index contributed by atoms with van der Waals surface area (Å²) < 4.78 is 39.0. The van der Waals surface area contributed by atoms with Crippen molar-refractivity contribution in [2.24, 2.45) is 5.73 Å². The van der Waals surface area contributed by atoms with Gasteiger partial charge < -0.3 is 15.4 Å². The molecule has 1 atom stereocenters. The number of pyridine rings is 1. The first-order valence-corrected chi connectivity index (χ1v) is 10.3. The number of nitrogens with two attached hydrogens (primary N) is 1. The molecular formula is C25H26F3N3O2. The third-order valence-corrected chi connectivity index (χ3v) is 5.00. The van der Waals surface area contributed by atoms with Crippen LogP contribution in [0.2, 0.25) is 0 Å². The number of benzene rings is 2. The molecular weight excluding hydrogens is 431 g/mol. The van der Waals surface area contributed by atoms with E-state index in [1.165, 1.54) is 30.4 Å². The van der Waals surface area contributed by atoms with Crippen LogP contribution in [0.15, 0.2) is 79.1 Å². The summed E-state index contributed by atoms with van der Waals surface area (Å²) >= 11 is 0. The van der Waals surface area contributed by atoms with Gasteiger partial charge in [0.15, 0.2) is 0 Å². The number of rotatable bonds is 4. The second-order valence-electron chi connectivity index (χ2n) is 6.99. The highest BCUT2D eigenvalue weighted by molar-refractivity contribution is 5.95. The fourth-order valence-corrected chi connectivity index (χ4v) is 3.55. The Morgan fingerprint density at radius 3 is 2.24 bits per heavy atom. The monoisotopic (exact) mass is 457 g/mol. The molecule has 1 aliphatic carbocycles. The molecule has 174 valence electrons. The predicted molar refractivity (Wildman–Crippen MR) is 120 cm³/mol. The lowest BCUT2D eigenvalue weighted by Gasteiger charge is -2.28. The molecule has 1 unspecified atom stereocenters. The van der Waals surface area contributed by atoms with Gasteiger partial charge in [0, 0.05) is 12.4 Å². The number of halogens is 3. The molecule has 0 bridgehead atoms. The summed E-state index contributed by atoms with van der Waals surface area (Å²) in [7, 11) is 1.50. The van der Waals surface area contributed by atoms with E-state index in [-0.39, 0.29) is 6.54 Å². The van der Waals surface area contributed by atoms with Gasteiger partial charge in [-0.05, 0) is 55.3 Å². The molecule has 0 spiro atoms. The van der Waals surface area contributed by atoms with E-state index in [0.717, 1.165) is 17.7 Å². The minimum absolute atomic E-state index is 0.186. The fourth-order valence-electron chi connectivity index (χ4n) is 3.55. The van der Waals surface area contributed by atoms with E-state index >= 15 is 0 Å². The number of hydrogen-bond donors (Lipinski definition) is 1. The molecule has 1 heterocycles. The summed E-state index contributed by atoms with van der Waals surface area (Å²) in [6, 6.07) is 18.2. The number of aryl methyl sites for hydroxylation is 1. The lowest BCUT2D eigenvalue weighted by molar-refractivity contribution is -0.137. The highest BCUT2D eigenvalue weighted by atomic mass is 19.4. The standard InChI is InChI=1S/C18H15F3N2O2.C6H6.CH5N/c19-18(20,21)14-5-3-12-4-6-16(15(12)10-14)23(8-9-24)17(25)13-2-1-7-22-11-13;1-2-4-6-5-3-1;1-2/h1-3,5,7,9-11,16H,4,6,8H2;1-6H;2H2,1H3. The van der Waals surface area contributed by atoms with E-state index in [9.17, 15) is 22.8 Å². The second kappa shape index (κ2) is 12.5. The molecule has 33 heavy (non-hydrogen) atoms. The zero-order valence-corrected chi connectivity index (χ0v) is 18.2. The predicted octanol–water partition coefficient (Wildman–Crippen LogP) is 4.69. The second-order valence-corrected chi connectivity index (χ2v) is 6.99. The van der Waals surface area contributed by atoms with Gasteiger partial charge in [-0.3, -0.25) is 9.78 Å². The Bertz CT molecular complexity index is 986. The van der Waals surface area contributed by atoms with Crippen LogP contribution in [0.3, 0.4) is 0 Å². The van der Waals surface area contributed by atoms with Crippen LogP contribution in [-0.4, -0.2) is 35.7 Å². The van der Waals surface area contributed by atoms with Crippen LogP contribution in [0.4, 0.5) is 13.2 Å². The number of amides is 1. The molecule has 8 heteroatoms. The minimum atomic E-state index is -4.45. The number of fused-ring (bicyclic) bond motifs is 1. The highest BCUT2D eigenvalue weighted by Crippen LogP contribution is 2.40. The van der Waals surface area contributed by atoms with Gasteiger partial charge in [0.05, 0.1) is 23.7 Å². The molecule has 1 amide bonds. The quantitative estimate of drug-likeness (QED) is 0.577. The van der Waals surface area contributed by atoms with Crippen molar-refractivity contribution in [1.82, 2.24) is 9.88 Å². The smallest absolute Gasteiger partial charge is 0.333 e. The molecule has 0 saturated carbocycles. The zero-order chi connectivity index (χ0) is 24.3. The average molecular weight is 457 g/mol. The Balaban J connectivity index is 0.000000411. The first-order chi connectivity index (χ1) is 15.9. The van der Waals surface area contributed by atoms with Crippen molar-refractivity contribution < 1.29 is 22.8 Å². The number of aromatic nitrogens is 1. The van der Waals surface area contributed by atoms with Crippen LogP contribution in [0.5, 0.6) is 0 Å². The van der Waals surface area contributed by atoms with Crippen LogP contribution >= 0.6 is 0 Å². The number of nitrogens with zero attached hydrogens (tertiary/aromatic N) is 2. The van der Waals surface area contributed by atoms with Crippen LogP contribution in [0, 0.1) is 0 Å². The SMILES string of the molecule is CN.O=CCN(C(=O)c1cccnc1)C1CCc2ccc(C(F)(F)F)cc21.c1ccccc1. The average Bonchev–Trinajstić information content (AvgIpc) is 3.28. The largest absolute Gasteiger partial charge is 0.416 e. The fraction of sp³-hybridized carbons (Fsp3) is 0.240. The maximum Gasteiger partial charge on any atom is 0.416 e. The van der Waals surface area contributed by atoms with Crippen LogP contribution < -0.4 is 5.73 Å². The third kappa shape index (κ3) is 6.98. The molecule has 2 N–H and O–H groups in total. The van der Waals surface area contributed by atoms with Gasteiger partial charge in [-0.25, -0.2) is 0 Å². The Kier molecular flexibility index (Phi) is 9.75. The summed E-state index contributed by atoms with van der Waals surface area (Å²) in [6.45, 7) is -0.186. The van der Waals surface area contributed by atoms with Crippen LogP contribution in [-0.2, 0) is 17.4 Å². The van der Waals surface area contributed by atoms with Gasteiger partial charge in [0.25, 0.3) is 5.91 Å². The molecule has 4 rings (SSSR count). The summed E-state index contributed by atoms with van der Waals surface area (Å²) in [4.78, 5) is 29.0. The van der Waals surface area contributed by atoms with Gasteiger partial charge in [0.2, 0.25) is 0 Å². The summed E-state index contributed by atoms with van der Waals surface area (Å²) in [5, 5.41) is 0. The number of hydrogen-bond acceptors (Lipinski definition) is 4. The Morgan fingerprint density at radius 2 is 1.73 bits per heavy atom. The van der Waals surface area contributed by atoms with Crippen molar-refractivity contribution in [2.45, 2.75) is 25.1 Å². The van der Waals surface area contributed by atoms with E-state index in [1.807, 2.05) is 36.4 Å². The third-order valence-electron chi connectivity index (χ3n) is 5.00. The minimum Gasteiger partial charge on any atom is -0.333 e. The van der Waals surface area contributed by atoms with E-state index in [2.05, 4.69) is 10.7 Å². The van der Waals surface area contributed by atoms with E-state index in [0.29, 0.717) is 30.3 Å². The molecule has 3 aromatic rings. The molecule has 0 fully saturated rings. The van der Waals surface area contributed by atoms with Gasteiger partial charge in [-0.15, -0.1) is 0 Å². The number of alkyl halides is 3. The molecule has 2 aromatic carbocycles. The van der Waals surface area contributed by atoms with E-state index in [4.69, 9.17) is 0 Å². The van der Waals surface area contributed by atoms with Gasteiger partial charge in [-0.1, -0.05) is 42.5 Å². The lowest BCUT2D eigenvalue weighted by atomic mass is 10.0. The highest BCUT2D eigenvalue weighted by Gasteiger charge is 2.36. The van der Waals surface area contributed by atoms with Crippen molar-refractivity contribution in [3.05, 3.63) is 101 Å². The van der Waals surface area contributed by atoms with Crippen molar-refractivity contribution in [3.63, 3.8) is 0 Å². The van der Waals surface area contributed by atoms with E-state index in [1.54, 1.807) is 12.1 Å². The first kappa shape index (κ1) is 25.7. The first-order valence-electron chi connectivity index (χ1n) is 10.3. The Morgan fingerprint density at radius 1 is 1.09 bits per heavy atom. The van der Waals surface area contributed by atoms with E-state index < -0.39 is 23.7 Å². The normalized spacial score (nSPS) is 14.0. The molecule has 0 aliphatic heterocycles. The number of aldehydes is 1. The zero-order valence-electron chi connectivity index (χ0n) is 18.2.